The second-order valence-electron chi connectivity index (χ2n) is 2.54. The summed E-state index contributed by atoms with van der Waals surface area (Å²) in [6.07, 6.45) is -2.55. The van der Waals surface area contributed by atoms with Crippen LogP contribution < -0.4 is 0 Å². The number of aromatic nitrogens is 1. The fourth-order valence-corrected chi connectivity index (χ4v) is 1.73. The van der Waals surface area contributed by atoms with E-state index in [9.17, 15) is 8.78 Å². The van der Waals surface area contributed by atoms with Crippen LogP contribution in [0.1, 0.15) is 23.4 Å². The van der Waals surface area contributed by atoms with E-state index in [0.29, 0.717) is 21.6 Å². The monoisotopic (exact) mass is 269 g/mol. The topological polar surface area (TPSA) is 12.9 Å². The maximum Gasteiger partial charge on any atom is 0.280 e. The molecule has 0 radical (unpaired) electrons. The molecule has 0 atom stereocenters. The molecule has 0 aliphatic heterocycles. The summed E-state index contributed by atoms with van der Waals surface area (Å²) >= 11 is 9.00. The summed E-state index contributed by atoms with van der Waals surface area (Å²) in [5.74, 6) is 0. The molecule has 5 heteroatoms. The number of halogens is 4. The predicted octanol–water partition coefficient (Wildman–Crippen LogP) is 3.88. The van der Waals surface area contributed by atoms with Gasteiger partial charge in [0.1, 0.15) is 5.69 Å². The number of rotatable bonds is 2. The van der Waals surface area contributed by atoms with Gasteiger partial charge in [-0.2, -0.15) is 0 Å². The third kappa shape index (κ3) is 2.38. The molecule has 0 aliphatic rings. The summed E-state index contributed by atoms with van der Waals surface area (Å²) in [7, 11) is 0. The van der Waals surface area contributed by atoms with E-state index in [4.69, 9.17) is 11.6 Å². The summed E-state index contributed by atoms with van der Waals surface area (Å²) < 4.78 is 24.5. The molecule has 1 heterocycles. The van der Waals surface area contributed by atoms with Gasteiger partial charge in [0, 0.05) is 5.33 Å². The molecule has 1 aromatic rings. The molecule has 13 heavy (non-hydrogen) atoms. The Morgan fingerprint density at radius 2 is 2.23 bits per heavy atom. The minimum atomic E-state index is -2.55. The summed E-state index contributed by atoms with van der Waals surface area (Å²) in [5, 5.41) is 0.899. The Kier molecular flexibility index (Phi) is 3.62. The number of aryl methyl sites for hydroxylation is 1. The molecule has 0 fully saturated rings. The normalized spacial score (nSPS) is 10.9. The zero-order valence-electron chi connectivity index (χ0n) is 6.82. The second-order valence-corrected chi connectivity index (χ2v) is 3.48. The summed E-state index contributed by atoms with van der Waals surface area (Å²) in [4.78, 5) is 3.68. The SMILES string of the molecule is Cc1nc(C(F)F)cc(CBr)c1Cl. The third-order valence-corrected chi connectivity index (χ3v) is 2.71. The summed E-state index contributed by atoms with van der Waals surface area (Å²) in [6.45, 7) is 1.61. The maximum atomic E-state index is 12.3. The van der Waals surface area contributed by atoms with Crippen LogP contribution in [-0.4, -0.2) is 4.98 Å². The van der Waals surface area contributed by atoms with Crippen molar-refractivity contribution in [3.05, 3.63) is 28.0 Å². The first-order chi connectivity index (χ1) is 6.06. The molecular formula is C8H7BrClF2N. The Morgan fingerprint density at radius 3 is 2.69 bits per heavy atom. The van der Waals surface area contributed by atoms with Gasteiger partial charge in [0.05, 0.1) is 10.7 Å². The lowest BCUT2D eigenvalue weighted by Gasteiger charge is -2.06. The predicted molar refractivity (Wildman–Crippen MR) is 51.6 cm³/mol. The Balaban J connectivity index is 3.22. The van der Waals surface area contributed by atoms with Crippen LogP contribution in [0.4, 0.5) is 8.78 Å². The quantitative estimate of drug-likeness (QED) is 0.743. The fraction of sp³-hybridized carbons (Fsp3) is 0.375. The van der Waals surface area contributed by atoms with Gasteiger partial charge in [-0.25, -0.2) is 8.78 Å². The van der Waals surface area contributed by atoms with E-state index in [1.54, 1.807) is 6.92 Å². The Hall–Kier alpha value is -0.220. The highest BCUT2D eigenvalue weighted by Crippen LogP contribution is 2.26. The van der Waals surface area contributed by atoms with Crippen molar-refractivity contribution in [2.45, 2.75) is 18.7 Å². The lowest BCUT2D eigenvalue weighted by Crippen LogP contribution is -1.96. The first-order valence-electron chi connectivity index (χ1n) is 3.56. The minimum Gasteiger partial charge on any atom is -0.251 e. The average Bonchev–Trinajstić information content (AvgIpc) is 2.09. The fourth-order valence-electron chi connectivity index (χ4n) is 0.958. The zero-order valence-corrected chi connectivity index (χ0v) is 9.16. The van der Waals surface area contributed by atoms with Crippen LogP contribution in [0.25, 0.3) is 0 Å². The molecule has 72 valence electrons. The van der Waals surface area contributed by atoms with E-state index in [2.05, 4.69) is 20.9 Å². The number of hydrogen-bond donors (Lipinski definition) is 0. The lowest BCUT2D eigenvalue weighted by molar-refractivity contribution is 0.146. The molecule has 0 saturated heterocycles. The number of nitrogens with zero attached hydrogens (tertiary/aromatic N) is 1. The molecule has 0 bridgehead atoms. The van der Waals surface area contributed by atoms with Crippen molar-refractivity contribution in [2.75, 3.05) is 0 Å². The number of pyridine rings is 1. The molecule has 0 spiro atoms. The van der Waals surface area contributed by atoms with Gasteiger partial charge in [-0.3, -0.25) is 4.98 Å². The molecular weight excluding hydrogens is 263 g/mol. The molecule has 1 nitrogen and oxygen atoms in total. The van der Waals surface area contributed by atoms with Gasteiger partial charge in [-0.05, 0) is 18.6 Å². The van der Waals surface area contributed by atoms with Crippen molar-refractivity contribution in [3.8, 4) is 0 Å². The van der Waals surface area contributed by atoms with Gasteiger partial charge in [0.25, 0.3) is 6.43 Å². The molecule has 1 rings (SSSR count). The highest BCUT2D eigenvalue weighted by molar-refractivity contribution is 9.08. The molecule has 0 unspecified atom stereocenters. The van der Waals surface area contributed by atoms with Crippen molar-refractivity contribution >= 4 is 27.5 Å². The molecule has 0 saturated carbocycles. The van der Waals surface area contributed by atoms with Crippen molar-refractivity contribution in [3.63, 3.8) is 0 Å². The van der Waals surface area contributed by atoms with E-state index >= 15 is 0 Å². The van der Waals surface area contributed by atoms with Crippen LogP contribution in [0.2, 0.25) is 5.02 Å². The van der Waals surface area contributed by atoms with E-state index in [1.807, 2.05) is 0 Å². The molecule has 0 amide bonds. The van der Waals surface area contributed by atoms with Gasteiger partial charge in [-0.1, -0.05) is 27.5 Å². The minimum absolute atomic E-state index is 0.226. The van der Waals surface area contributed by atoms with Gasteiger partial charge in [0.2, 0.25) is 0 Å². The Morgan fingerprint density at radius 1 is 1.62 bits per heavy atom. The van der Waals surface area contributed by atoms with Crippen LogP contribution in [0.3, 0.4) is 0 Å². The second kappa shape index (κ2) is 4.33. The first kappa shape index (κ1) is 10.9. The van der Waals surface area contributed by atoms with Crippen molar-refractivity contribution in [1.82, 2.24) is 4.98 Å². The Labute approximate surface area is 88.2 Å². The number of hydrogen-bond acceptors (Lipinski definition) is 1. The van der Waals surface area contributed by atoms with Crippen molar-refractivity contribution < 1.29 is 8.78 Å². The van der Waals surface area contributed by atoms with Crippen LogP contribution in [0.15, 0.2) is 6.07 Å². The Bertz CT molecular complexity index is 317. The molecule has 0 aliphatic carbocycles. The smallest absolute Gasteiger partial charge is 0.251 e. The number of alkyl halides is 3. The van der Waals surface area contributed by atoms with E-state index in [0.717, 1.165) is 0 Å². The van der Waals surface area contributed by atoms with E-state index in [-0.39, 0.29) is 5.69 Å². The molecule has 0 aromatic carbocycles. The maximum absolute atomic E-state index is 12.3. The first-order valence-corrected chi connectivity index (χ1v) is 5.06. The zero-order chi connectivity index (χ0) is 10.0. The van der Waals surface area contributed by atoms with E-state index < -0.39 is 6.43 Å². The highest BCUT2D eigenvalue weighted by atomic mass is 79.9. The van der Waals surface area contributed by atoms with Crippen LogP contribution in [0, 0.1) is 6.92 Å². The van der Waals surface area contributed by atoms with Crippen LogP contribution in [-0.2, 0) is 5.33 Å². The van der Waals surface area contributed by atoms with Gasteiger partial charge in [0.15, 0.2) is 0 Å². The van der Waals surface area contributed by atoms with Gasteiger partial charge in [-0.15, -0.1) is 0 Å². The van der Waals surface area contributed by atoms with Crippen molar-refractivity contribution in [1.29, 1.82) is 0 Å². The molecule has 1 aromatic heterocycles. The highest BCUT2D eigenvalue weighted by Gasteiger charge is 2.13. The van der Waals surface area contributed by atoms with E-state index in [1.165, 1.54) is 6.07 Å². The largest absolute Gasteiger partial charge is 0.280 e. The average molecular weight is 271 g/mol. The van der Waals surface area contributed by atoms with Gasteiger partial charge >= 0.3 is 0 Å². The molecule has 0 N–H and O–H groups in total. The van der Waals surface area contributed by atoms with Crippen molar-refractivity contribution in [2.24, 2.45) is 0 Å². The van der Waals surface area contributed by atoms with Gasteiger partial charge < -0.3 is 0 Å². The lowest BCUT2D eigenvalue weighted by atomic mass is 10.2. The summed E-state index contributed by atoms with van der Waals surface area (Å²) in [6, 6.07) is 1.31. The third-order valence-electron chi connectivity index (χ3n) is 1.59. The van der Waals surface area contributed by atoms with Crippen LogP contribution >= 0.6 is 27.5 Å². The standard InChI is InChI=1S/C8H7BrClF2N/c1-4-7(10)5(3-9)2-6(13-4)8(11)12/h2,8H,3H2,1H3. The van der Waals surface area contributed by atoms with Crippen LogP contribution in [0.5, 0.6) is 0 Å². The summed E-state index contributed by atoms with van der Waals surface area (Å²) in [5.41, 5.74) is 0.856.